The molecular formula is C18H28N2O. The van der Waals surface area contributed by atoms with Crippen molar-refractivity contribution in [1.29, 1.82) is 0 Å². The highest BCUT2D eigenvalue weighted by Gasteiger charge is 1.99. The maximum Gasteiger partial charge on any atom is 0.240 e. The van der Waals surface area contributed by atoms with Gasteiger partial charge >= 0.3 is 0 Å². The normalized spacial score (nSPS) is 10.9. The van der Waals surface area contributed by atoms with E-state index in [1.54, 1.807) is 6.21 Å². The number of benzene rings is 1. The van der Waals surface area contributed by atoms with Gasteiger partial charge in [-0.3, -0.25) is 4.79 Å². The number of hydrogen-bond donors (Lipinski definition) is 1. The minimum atomic E-state index is 0.0212. The molecule has 1 amide bonds. The molecule has 0 spiro atoms. The first-order valence-corrected chi connectivity index (χ1v) is 8.17. The third kappa shape index (κ3) is 9.83. The maximum absolute atomic E-state index is 11.6. The molecule has 0 fully saturated rings. The smallest absolute Gasteiger partial charge is 0.240 e. The van der Waals surface area contributed by atoms with E-state index < -0.39 is 0 Å². The molecule has 1 aromatic rings. The van der Waals surface area contributed by atoms with Gasteiger partial charge in [0.15, 0.2) is 0 Å². The average molecular weight is 288 g/mol. The van der Waals surface area contributed by atoms with Crippen LogP contribution in [-0.4, -0.2) is 12.1 Å². The molecule has 0 radical (unpaired) electrons. The second kappa shape index (κ2) is 12.1. The van der Waals surface area contributed by atoms with Crippen molar-refractivity contribution in [1.82, 2.24) is 5.43 Å². The van der Waals surface area contributed by atoms with Gasteiger partial charge in [-0.2, -0.15) is 5.10 Å². The molecule has 0 saturated carbocycles. The van der Waals surface area contributed by atoms with Gasteiger partial charge < -0.3 is 0 Å². The summed E-state index contributed by atoms with van der Waals surface area (Å²) in [6.45, 7) is 2.22. The largest absolute Gasteiger partial charge is 0.273 e. The van der Waals surface area contributed by atoms with Crippen LogP contribution in [0.4, 0.5) is 0 Å². The van der Waals surface area contributed by atoms with E-state index in [9.17, 15) is 4.79 Å². The highest BCUT2D eigenvalue weighted by Crippen LogP contribution is 2.08. The molecule has 3 nitrogen and oxygen atoms in total. The van der Waals surface area contributed by atoms with Gasteiger partial charge in [0, 0.05) is 19.1 Å². The van der Waals surface area contributed by atoms with E-state index in [1.807, 2.05) is 30.3 Å². The number of hydrogen-bond acceptors (Lipinski definition) is 2. The lowest BCUT2D eigenvalue weighted by Gasteiger charge is -2.01. The zero-order valence-electron chi connectivity index (χ0n) is 13.2. The van der Waals surface area contributed by atoms with Gasteiger partial charge in [0.05, 0.1) is 0 Å². The van der Waals surface area contributed by atoms with E-state index in [0.717, 1.165) is 19.3 Å². The van der Waals surface area contributed by atoms with E-state index in [0.29, 0.717) is 6.42 Å². The fourth-order valence-corrected chi connectivity index (χ4v) is 2.18. The predicted molar refractivity (Wildman–Crippen MR) is 89.4 cm³/mol. The Kier molecular flexibility index (Phi) is 10.1. The van der Waals surface area contributed by atoms with Crippen LogP contribution in [0.5, 0.6) is 0 Å². The number of hydrazone groups is 1. The van der Waals surface area contributed by atoms with E-state index in [-0.39, 0.29) is 5.91 Å². The molecule has 3 heteroatoms. The van der Waals surface area contributed by atoms with Crippen LogP contribution in [-0.2, 0) is 11.2 Å². The first-order valence-electron chi connectivity index (χ1n) is 8.17. The van der Waals surface area contributed by atoms with Crippen LogP contribution in [0.1, 0.15) is 63.9 Å². The van der Waals surface area contributed by atoms with Gasteiger partial charge in [-0.1, -0.05) is 75.8 Å². The Bertz CT molecular complexity index is 401. The molecule has 1 aromatic carbocycles. The minimum Gasteiger partial charge on any atom is -0.273 e. The molecule has 0 aliphatic carbocycles. The predicted octanol–water partition coefficient (Wildman–Crippen LogP) is 4.47. The summed E-state index contributed by atoms with van der Waals surface area (Å²) < 4.78 is 0. The summed E-state index contributed by atoms with van der Waals surface area (Å²) in [5.41, 5.74) is 3.79. The number of carbonyl (C=O) groups is 1. The van der Waals surface area contributed by atoms with Crippen LogP contribution >= 0.6 is 0 Å². The highest BCUT2D eigenvalue weighted by molar-refractivity contribution is 5.76. The second-order valence-electron chi connectivity index (χ2n) is 5.41. The molecule has 0 aliphatic heterocycles. The van der Waals surface area contributed by atoms with Crippen molar-refractivity contribution >= 4 is 12.1 Å². The van der Waals surface area contributed by atoms with Gasteiger partial charge in [0.2, 0.25) is 5.91 Å². The zero-order valence-corrected chi connectivity index (χ0v) is 13.2. The molecule has 0 bridgehead atoms. The molecule has 0 aromatic heterocycles. The highest BCUT2D eigenvalue weighted by atomic mass is 16.2. The lowest BCUT2D eigenvalue weighted by atomic mass is 10.1. The monoisotopic (exact) mass is 288 g/mol. The lowest BCUT2D eigenvalue weighted by Crippen LogP contribution is -2.17. The summed E-state index contributed by atoms with van der Waals surface area (Å²) in [6.07, 6.45) is 11.7. The SMILES string of the molecule is CCCCCCCCCC(=O)NN=CCc1ccccc1. The fraction of sp³-hybridized carbons (Fsp3) is 0.556. The van der Waals surface area contributed by atoms with Crippen molar-refractivity contribution in [3.05, 3.63) is 35.9 Å². The van der Waals surface area contributed by atoms with Crippen molar-refractivity contribution in [3.63, 3.8) is 0 Å². The zero-order chi connectivity index (χ0) is 15.2. The first-order chi connectivity index (χ1) is 10.3. The molecule has 0 unspecified atom stereocenters. The number of amides is 1. The first kappa shape index (κ1) is 17.4. The number of rotatable bonds is 11. The Morgan fingerprint density at radius 1 is 1.05 bits per heavy atom. The summed E-state index contributed by atoms with van der Waals surface area (Å²) in [7, 11) is 0. The Hall–Kier alpha value is -1.64. The topological polar surface area (TPSA) is 41.5 Å². The summed E-state index contributed by atoms with van der Waals surface area (Å²) in [5.74, 6) is 0.0212. The molecule has 0 atom stereocenters. The maximum atomic E-state index is 11.6. The van der Waals surface area contributed by atoms with Gasteiger partial charge in [-0.05, 0) is 12.0 Å². The summed E-state index contributed by atoms with van der Waals surface area (Å²) in [6, 6.07) is 10.1. The molecule has 1 rings (SSSR count). The number of nitrogens with zero attached hydrogens (tertiary/aromatic N) is 1. The van der Waals surface area contributed by atoms with E-state index in [4.69, 9.17) is 0 Å². The van der Waals surface area contributed by atoms with Crippen LogP contribution in [0.25, 0.3) is 0 Å². The van der Waals surface area contributed by atoms with Gasteiger partial charge in [0.25, 0.3) is 0 Å². The molecule has 0 saturated heterocycles. The van der Waals surface area contributed by atoms with Crippen molar-refractivity contribution in [2.45, 2.75) is 64.7 Å². The number of carbonyl (C=O) groups excluding carboxylic acids is 1. The third-order valence-corrected chi connectivity index (χ3v) is 3.46. The Morgan fingerprint density at radius 2 is 1.71 bits per heavy atom. The molecule has 21 heavy (non-hydrogen) atoms. The van der Waals surface area contributed by atoms with Crippen LogP contribution < -0.4 is 5.43 Å². The van der Waals surface area contributed by atoms with Crippen molar-refractivity contribution in [2.75, 3.05) is 0 Å². The molecule has 0 aliphatic rings. The van der Waals surface area contributed by atoms with E-state index >= 15 is 0 Å². The fourth-order valence-electron chi connectivity index (χ4n) is 2.18. The average Bonchev–Trinajstić information content (AvgIpc) is 2.52. The van der Waals surface area contributed by atoms with Gasteiger partial charge in [-0.25, -0.2) is 5.43 Å². The third-order valence-electron chi connectivity index (χ3n) is 3.46. The minimum absolute atomic E-state index is 0.0212. The lowest BCUT2D eigenvalue weighted by molar-refractivity contribution is -0.121. The van der Waals surface area contributed by atoms with Crippen LogP contribution in [0.3, 0.4) is 0 Å². The molecule has 1 N–H and O–H groups in total. The van der Waals surface area contributed by atoms with Gasteiger partial charge in [-0.15, -0.1) is 0 Å². The van der Waals surface area contributed by atoms with Crippen LogP contribution in [0, 0.1) is 0 Å². The number of unbranched alkanes of at least 4 members (excludes halogenated alkanes) is 6. The Balaban J connectivity index is 1.98. The van der Waals surface area contributed by atoms with Gasteiger partial charge in [0.1, 0.15) is 0 Å². The van der Waals surface area contributed by atoms with E-state index in [1.165, 1.54) is 37.7 Å². The van der Waals surface area contributed by atoms with Crippen LogP contribution in [0.15, 0.2) is 35.4 Å². The van der Waals surface area contributed by atoms with Crippen molar-refractivity contribution < 1.29 is 4.79 Å². The van der Waals surface area contributed by atoms with E-state index in [2.05, 4.69) is 17.5 Å². The van der Waals surface area contributed by atoms with Crippen LogP contribution in [0.2, 0.25) is 0 Å². The second-order valence-corrected chi connectivity index (χ2v) is 5.41. The van der Waals surface area contributed by atoms with Crippen molar-refractivity contribution in [3.8, 4) is 0 Å². The quantitative estimate of drug-likeness (QED) is 0.364. The Morgan fingerprint density at radius 3 is 2.43 bits per heavy atom. The standard InChI is InChI=1S/C18H28N2O/c1-2-3-4-5-6-7-11-14-18(21)20-19-16-15-17-12-9-8-10-13-17/h8-10,12-13,16H,2-7,11,14-15H2,1H3,(H,20,21). The molecule has 116 valence electrons. The summed E-state index contributed by atoms with van der Waals surface area (Å²) >= 11 is 0. The number of nitrogens with one attached hydrogen (secondary N) is 1. The molecular weight excluding hydrogens is 260 g/mol. The van der Waals surface area contributed by atoms with Crippen molar-refractivity contribution in [2.24, 2.45) is 5.10 Å². The summed E-state index contributed by atoms with van der Waals surface area (Å²) in [5, 5.41) is 3.98. The molecule has 0 heterocycles. The summed E-state index contributed by atoms with van der Waals surface area (Å²) in [4.78, 5) is 11.6. The Labute approximate surface area is 128 Å².